The normalized spacial score (nSPS) is 14.1. The highest BCUT2D eigenvalue weighted by atomic mass is 16.5. The molecule has 1 aromatic heterocycles. The molecule has 0 atom stereocenters. The summed E-state index contributed by atoms with van der Waals surface area (Å²) in [5.41, 5.74) is 1.06. The highest BCUT2D eigenvalue weighted by Gasteiger charge is 2.19. The number of rotatable bonds is 5. The fourth-order valence-corrected chi connectivity index (χ4v) is 3.33. The van der Waals surface area contributed by atoms with Crippen molar-refractivity contribution in [3.05, 3.63) is 48.8 Å². The Morgan fingerprint density at radius 3 is 2.76 bits per heavy atom. The molecule has 1 aliphatic heterocycles. The van der Waals surface area contributed by atoms with Gasteiger partial charge in [-0.1, -0.05) is 24.3 Å². The van der Waals surface area contributed by atoms with Gasteiger partial charge in [-0.3, -0.25) is 0 Å². The van der Waals surface area contributed by atoms with Gasteiger partial charge >= 0.3 is 6.03 Å². The lowest BCUT2D eigenvalue weighted by Crippen LogP contribution is -2.31. The minimum atomic E-state index is 0.0107. The molecule has 0 bridgehead atoms. The third-order valence-electron chi connectivity index (χ3n) is 4.62. The molecule has 6 nitrogen and oxygen atoms in total. The Morgan fingerprint density at radius 1 is 1.16 bits per heavy atom. The Hall–Kier alpha value is -3.02. The van der Waals surface area contributed by atoms with E-state index in [1.165, 1.54) is 0 Å². The molecule has 0 spiro atoms. The summed E-state index contributed by atoms with van der Waals surface area (Å²) in [4.78, 5) is 18.1. The second kappa shape index (κ2) is 6.47. The van der Waals surface area contributed by atoms with Gasteiger partial charge in [0.05, 0.1) is 7.11 Å². The lowest BCUT2D eigenvalue weighted by Gasteiger charge is -2.16. The smallest absolute Gasteiger partial charge is 0.317 e. The maximum atomic E-state index is 11.7. The van der Waals surface area contributed by atoms with E-state index in [-0.39, 0.29) is 6.03 Å². The monoisotopic (exact) mass is 336 g/mol. The fraction of sp³-hybridized carbons (Fsp3) is 0.263. The van der Waals surface area contributed by atoms with Crippen LogP contribution >= 0.6 is 0 Å². The molecule has 0 unspecified atom stereocenters. The third-order valence-corrected chi connectivity index (χ3v) is 4.62. The van der Waals surface area contributed by atoms with Crippen molar-refractivity contribution in [3.63, 3.8) is 0 Å². The van der Waals surface area contributed by atoms with E-state index in [0.29, 0.717) is 13.1 Å². The van der Waals surface area contributed by atoms with E-state index in [1.54, 1.807) is 13.3 Å². The van der Waals surface area contributed by atoms with Gasteiger partial charge in [0.15, 0.2) is 0 Å². The SMILES string of the molecule is COc1ccc(-c2nccn2CCN2CCNC2=O)c2ccccc12. The van der Waals surface area contributed by atoms with Gasteiger partial charge in [-0.15, -0.1) is 0 Å². The van der Waals surface area contributed by atoms with Crippen molar-refractivity contribution in [2.75, 3.05) is 26.7 Å². The minimum Gasteiger partial charge on any atom is -0.496 e. The van der Waals surface area contributed by atoms with E-state index in [9.17, 15) is 4.79 Å². The first kappa shape index (κ1) is 15.5. The Morgan fingerprint density at radius 2 is 2.00 bits per heavy atom. The molecule has 0 radical (unpaired) electrons. The van der Waals surface area contributed by atoms with Crippen molar-refractivity contribution >= 4 is 16.8 Å². The van der Waals surface area contributed by atoms with E-state index >= 15 is 0 Å². The summed E-state index contributed by atoms with van der Waals surface area (Å²) in [7, 11) is 1.68. The summed E-state index contributed by atoms with van der Waals surface area (Å²) in [6.45, 7) is 2.86. The van der Waals surface area contributed by atoms with Crippen LogP contribution in [0.25, 0.3) is 22.2 Å². The van der Waals surface area contributed by atoms with Gasteiger partial charge < -0.3 is 19.5 Å². The number of aromatic nitrogens is 2. The molecule has 128 valence electrons. The molecular formula is C19H20N4O2. The third kappa shape index (κ3) is 2.80. The zero-order valence-corrected chi connectivity index (χ0v) is 14.1. The first-order valence-electron chi connectivity index (χ1n) is 8.38. The van der Waals surface area contributed by atoms with Crippen LogP contribution in [0.5, 0.6) is 5.75 Å². The Kier molecular flexibility index (Phi) is 4.01. The number of urea groups is 1. The van der Waals surface area contributed by atoms with Crippen molar-refractivity contribution in [2.45, 2.75) is 6.54 Å². The van der Waals surface area contributed by atoms with Crippen LogP contribution in [0.4, 0.5) is 4.79 Å². The van der Waals surface area contributed by atoms with Crippen LogP contribution in [0.2, 0.25) is 0 Å². The molecule has 25 heavy (non-hydrogen) atoms. The van der Waals surface area contributed by atoms with Crippen molar-refractivity contribution < 1.29 is 9.53 Å². The maximum absolute atomic E-state index is 11.7. The van der Waals surface area contributed by atoms with Crippen LogP contribution in [-0.2, 0) is 6.54 Å². The van der Waals surface area contributed by atoms with Gasteiger partial charge in [-0.05, 0) is 17.5 Å². The first-order chi connectivity index (χ1) is 12.3. The summed E-state index contributed by atoms with van der Waals surface area (Å²) in [5, 5.41) is 5.00. The summed E-state index contributed by atoms with van der Waals surface area (Å²) in [6.07, 6.45) is 3.76. The van der Waals surface area contributed by atoms with Crippen molar-refractivity contribution in [3.8, 4) is 17.1 Å². The lowest BCUT2D eigenvalue weighted by atomic mass is 10.0. The van der Waals surface area contributed by atoms with Gasteiger partial charge in [0, 0.05) is 49.5 Å². The quantitative estimate of drug-likeness (QED) is 0.779. The number of nitrogens with one attached hydrogen (secondary N) is 1. The molecule has 1 fully saturated rings. The summed E-state index contributed by atoms with van der Waals surface area (Å²) < 4.78 is 7.58. The minimum absolute atomic E-state index is 0.0107. The number of amides is 2. The standard InChI is InChI=1S/C19H20N4O2/c1-25-17-7-6-16(14-4-2-3-5-15(14)17)18-20-8-10-22(18)12-13-23-11-9-21-19(23)24/h2-8,10H,9,11-13H2,1H3,(H,21,24). The predicted octanol–water partition coefficient (Wildman–Crippen LogP) is 2.74. The second-order valence-electron chi connectivity index (χ2n) is 6.02. The van der Waals surface area contributed by atoms with E-state index in [4.69, 9.17) is 4.74 Å². The average molecular weight is 336 g/mol. The summed E-state index contributed by atoms with van der Waals surface area (Å²) >= 11 is 0. The molecule has 1 saturated heterocycles. The molecule has 6 heteroatoms. The largest absolute Gasteiger partial charge is 0.496 e. The number of methoxy groups -OCH3 is 1. The van der Waals surface area contributed by atoms with E-state index in [2.05, 4.69) is 27.0 Å². The summed E-state index contributed by atoms with van der Waals surface area (Å²) in [5.74, 6) is 1.75. The summed E-state index contributed by atoms with van der Waals surface area (Å²) in [6, 6.07) is 12.2. The number of fused-ring (bicyclic) bond motifs is 1. The fourth-order valence-electron chi connectivity index (χ4n) is 3.33. The van der Waals surface area contributed by atoms with Crippen molar-refractivity contribution in [2.24, 2.45) is 0 Å². The van der Waals surface area contributed by atoms with Crippen molar-refractivity contribution in [1.82, 2.24) is 19.8 Å². The van der Waals surface area contributed by atoms with Gasteiger partial charge in [-0.25, -0.2) is 9.78 Å². The van der Waals surface area contributed by atoms with Crippen LogP contribution < -0.4 is 10.1 Å². The number of benzene rings is 2. The van der Waals surface area contributed by atoms with Crippen molar-refractivity contribution in [1.29, 1.82) is 0 Å². The second-order valence-corrected chi connectivity index (χ2v) is 6.02. The number of carbonyl (C=O) groups excluding carboxylic acids is 1. The zero-order valence-electron chi connectivity index (χ0n) is 14.1. The molecule has 1 N–H and O–H groups in total. The predicted molar refractivity (Wildman–Crippen MR) is 96.7 cm³/mol. The van der Waals surface area contributed by atoms with Gasteiger partial charge in [0.25, 0.3) is 0 Å². The number of imidazole rings is 1. The van der Waals surface area contributed by atoms with Gasteiger partial charge in [0.1, 0.15) is 11.6 Å². The molecule has 2 aromatic carbocycles. The van der Waals surface area contributed by atoms with Gasteiger partial charge in [-0.2, -0.15) is 0 Å². The molecule has 3 aromatic rings. The zero-order chi connectivity index (χ0) is 17.2. The van der Waals surface area contributed by atoms with Crippen LogP contribution in [0.3, 0.4) is 0 Å². The molecule has 4 rings (SSSR count). The molecular weight excluding hydrogens is 316 g/mol. The number of hydrogen-bond acceptors (Lipinski definition) is 3. The van der Waals surface area contributed by atoms with E-state index in [0.717, 1.165) is 41.0 Å². The highest BCUT2D eigenvalue weighted by Crippen LogP contribution is 2.33. The molecule has 2 heterocycles. The maximum Gasteiger partial charge on any atom is 0.317 e. The van der Waals surface area contributed by atoms with Crippen LogP contribution in [-0.4, -0.2) is 47.2 Å². The van der Waals surface area contributed by atoms with E-state index in [1.807, 2.05) is 35.4 Å². The number of nitrogens with zero attached hydrogens (tertiary/aromatic N) is 3. The molecule has 0 aliphatic carbocycles. The number of ether oxygens (including phenoxy) is 1. The Labute approximate surface area is 146 Å². The van der Waals surface area contributed by atoms with Gasteiger partial charge in [0.2, 0.25) is 0 Å². The number of hydrogen-bond donors (Lipinski definition) is 1. The lowest BCUT2D eigenvalue weighted by molar-refractivity contribution is 0.215. The Bertz CT molecular complexity index is 919. The molecule has 1 aliphatic rings. The van der Waals surface area contributed by atoms with Crippen LogP contribution in [0.15, 0.2) is 48.8 Å². The van der Waals surface area contributed by atoms with Crippen LogP contribution in [0.1, 0.15) is 0 Å². The van der Waals surface area contributed by atoms with E-state index < -0.39 is 0 Å². The molecule has 0 saturated carbocycles. The topological polar surface area (TPSA) is 59.4 Å². The Balaban J connectivity index is 1.68. The highest BCUT2D eigenvalue weighted by molar-refractivity contribution is 5.98. The molecule has 2 amide bonds. The van der Waals surface area contributed by atoms with Crippen LogP contribution in [0, 0.1) is 0 Å². The number of carbonyl (C=O) groups is 1. The average Bonchev–Trinajstić information content (AvgIpc) is 3.27. The first-order valence-corrected chi connectivity index (χ1v) is 8.38.